The lowest BCUT2D eigenvalue weighted by Crippen LogP contribution is -2.22. The number of fused-ring (bicyclic) bond motifs is 4. The third-order valence-corrected chi connectivity index (χ3v) is 11.6. The van der Waals surface area contributed by atoms with Crippen molar-refractivity contribution >= 4 is 27.8 Å². The van der Waals surface area contributed by atoms with Gasteiger partial charge in [-0.1, -0.05) is 188 Å². The van der Waals surface area contributed by atoms with Gasteiger partial charge in [0.15, 0.2) is 0 Å². The number of anilines is 3. The van der Waals surface area contributed by atoms with Crippen molar-refractivity contribution in [3.63, 3.8) is 0 Å². The van der Waals surface area contributed by atoms with Crippen molar-refractivity contribution in [3.8, 4) is 44.5 Å². The molecule has 0 N–H and O–H groups in total. The molecule has 0 aromatic heterocycles. The van der Waals surface area contributed by atoms with Crippen molar-refractivity contribution in [2.24, 2.45) is 0 Å². The fraction of sp³-hybridized carbons (Fsp3) is 0.0370. The summed E-state index contributed by atoms with van der Waals surface area (Å²) in [5.74, 6) is 0. The van der Waals surface area contributed by atoms with Gasteiger partial charge in [-0.05, 0) is 98.3 Å². The zero-order valence-electron chi connectivity index (χ0n) is 30.7. The van der Waals surface area contributed by atoms with Crippen LogP contribution in [-0.4, -0.2) is 0 Å². The number of benzene rings is 9. The predicted molar refractivity (Wildman–Crippen MR) is 232 cm³/mol. The molecule has 10 rings (SSSR count). The van der Waals surface area contributed by atoms with E-state index in [4.69, 9.17) is 0 Å². The molecular weight excluding hydrogens is 663 g/mol. The van der Waals surface area contributed by atoms with Crippen molar-refractivity contribution in [1.29, 1.82) is 0 Å². The van der Waals surface area contributed by atoms with Gasteiger partial charge in [-0.3, -0.25) is 0 Å². The lowest BCUT2D eigenvalue weighted by molar-refractivity contribution is 0.714. The monoisotopic (exact) mass is 701 g/mol. The summed E-state index contributed by atoms with van der Waals surface area (Å²) in [4.78, 5) is 2.46. The third-order valence-electron chi connectivity index (χ3n) is 11.6. The van der Waals surface area contributed by atoms with Crippen LogP contribution in [0.5, 0.6) is 0 Å². The highest BCUT2D eigenvalue weighted by atomic mass is 15.1. The molecule has 1 atom stereocenters. The smallest absolute Gasteiger partial charge is 0.0540 e. The van der Waals surface area contributed by atoms with E-state index in [-0.39, 0.29) is 5.41 Å². The number of hydrogen-bond donors (Lipinski definition) is 0. The molecule has 1 unspecified atom stereocenters. The van der Waals surface area contributed by atoms with E-state index in [1.807, 2.05) is 0 Å². The molecule has 1 aliphatic carbocycles. The Hall–Kier alpha value is -6.96. The minimum Gasteiger partial charge on any atom is -0.309 e. The Kier molecular flexibility index (Phi) is 8.00. The molecule has 9 aromatic rings. The molecule has 0 heterocycles. The topological polar surface area (TPSA) is 3.24 Å². The van der Waals surface area contributed by atoms with Crippen molar-refractivity contribution in [2.75, 3.05) is 4.90 Å². The Bertz CT molecular complexity index is 2810. The predicted octanol–water partition coefficient (Wildman–Crippen LogP) is 14.6. The van der Waals surface area contributed by atoms with Crippen LogP contribution >= 0.6 is 0 Å². The first kappa shape index (κ1) is 32.7. The summed E-state index contributed by atoms with van der Waals surface area (Å²) in [6.45, 7) is 2.39. The molecule has 0 saturated carbocycles. The molecule has 260 valence electrons. The van der Waals surface area contributed by atoms with Gasteiger partial charge in [0.25, 0.3) is 0 Å². The van der Waals surface area contributed by atoms with E-state index in [1.54, 1.807) is 0 Å². The van der Waals surface area contributed by atoms with E-state index < -0.39 is 0 Å². The molecule has 0 fully saturated rings. The average molecular weight is 702 g/mol. The molecule has 0 bridgehead atoms. The Morgan fingerprint density at radius 3 is 1.69 bits per heavy atom. The van der Waals surface area contributed by atoms with Crippen LogP contribution in [0.1, 0.15) is 23.6 Å². The molecule has 0 spiro atoms. The Morgan fingerprint density at radius 2 is 0.891 bits per heavy atom. The minimum atomic E-state index is -0.277. The zero-order chi connectivity index (χ0) is 36.8. The fourth-order valence-corrected chi connectivity index (χ4v) is 8.87. The molecule has 0 saturated heterocycles. The van der Waals surface area contributed by atoms with Crippen molar-refractivity contribution in [1.82, 2.24) is 0 Å². The first-order chi connectivity index (χ1) is 27.2. The van der Waals surface area contributed by atoms with Crippen LogP contribution in [0.4, 0.5) is 17.1 Å². The fourth-order valence-electron chi connectivity index (χ4n) is 8.87. The Labute approximate surface area is 323 Å². The second-order valence-electron chi connectivity index (χ2n) is 14.6. The normalized spacial score (nSPS) is 14.3. The molecule has 9 aromatic carbocycles. The molecule has 55 heavy (non-hydrogen) atoms. The highest BCUT2D eigenvalue weighted by molar-refractivity contribution is 6.03. The van der Waals surface area contributed by atoms with Crippen LogP contribution in [0.3, 0.4) is 0 Å². The van der Waals surface area contributed by atoms with E-state index in [1.165, 1.54) is 72.0 Å². The highest BCUT2D eigenvalue weighted by Gasteiger charge is 2.41. The van der Waals surface area contributed by atoms with Crippen molar-refractivity contribution < 1.29 is 0 Å². The lowest BCUT2D eigenvalue weighted by Gasteiger charge is -2.30. The third kappa shape index (κ3) is 5.47. The van der Waals surface area contributed by atoms with Gasteiger partial charge in [0.2, 0.25) is 0 Å². The van der Waals surface area contributed by atoms with Gasteiger partial charge in [0.1, 0.15) is 0 Å². The zero-order valence-corrected chi connectivity index (χ0v) is 30.7. The van der Waals surface area contributed by atoms with Gasteiger partial charge in [-0.25, -0.2) is 0 Å². The van der Waals surface area contributed by atoms with Gasteiger partial charge < -0.3 is 4.90 Å². The van der Waals surface area contributed by atoms with Gasteiger partial charge in [-0.15, -0.1) is 0 Å². The maximum atomic E-state index is 2.46. The highest BCUT2D eigenvalue weighted by Crippen LogP contribution is 2.56. The molecule has 1 nitrogen and oxygen atoms in total. The van der Waals surface area contributed by atoms with Crippen LogP contribution in [0.2, 0.25) is 0 Å². The van der Waals surface area contributed by atoms with Crippen LogP contribution in [0.15, 0.2) is 218 Å². The largest absolute Gasteiger partial charge is 0.309 e. The second-order valence-corrected chi connectivity index (χ2v) is 14.6. The molecule has 0 radical (unpaired) electrons. The van der Waals surface area contributed by atoms with Gasteiger partial charge in [0, 0.05) is 22.1 Å². The first-order valence-electron chi connectivity index (χ1n) is 19.1. The van der Waals surface area contributed by atoms with Gasteiger partial charge in [0.05, 0.1) is 11.4 Å². The van der Waals surface area contributed by atoms with E-state index in [2.05, 4.69) is 230 Å². The average Bonchev–Trinajstić information content (AvgIpc) is 3.54. The summed E-state index contributed by atoms with van der Waals surface area (Å²) in [7, 11) is 0. The van der Waals surface area contributed by atoms with Crippen molar-refractivity contribution in [3.05, 3.63) is 235 Å². The van der Waals surface area contributed by atoms with E-state index in [0.29, 0.717) is 0 Å². The quantitative estimate of drug-likeness (QED) is 0.160. The number of nitrogens with zero attached hydrogens (tertiary/aromatic N) is 1. The maximum Gasteiger partial charge on any atom is 0.0540 e. The summed E-state index contributed by atoms with van der Waals surface area (Å²) in [6.07, 6.45) is 0. The molecular formula is C54H39N. The van der Waals surface area contributed by atoms with Crippen LogP contribution in [-0.2, 0) is 5.41 Å². The number of hydrogen-bond acceptors (Lipinski definition) is 1. The first-order valence-corrected chi connectivity index (χ1v) is 19.1. The number of para-hydroxylation sites is 1. The van der Waals surface area contributed by atoms with E-state index >= 15 is 0 Å². The van der Waals surface area contributed by atoms with Gasteiger partial charge in [-0.2, -0.15) is 0 Å². The van der Waals surface area contributed by atoms with Crippen LogP contribution in [0, 0.1) is 0 Å². The minimum absolute atomic E-state index is 0.277. The summed E-state index contributed by atoms with van der Waals surface area (Å²) < 4.78 is 0. The van der Waals surface area contributed by atoms with Gasteiger partial charge >= 0.3 is 0 Å². The maximum absolute atomic E-state index is 2.46. The Balaban J connectivity index is 1.16. The summed E-state index contributed by atoms with van der Waals surface area (Å²) >= 11 is 0. The molecule has 0 amide bonds. The van der Waals surface area contributed by atoms with Crippen LogP contribution < -0.4 is 4.90 Å². The summed E-state index contributed by atoms with van der Waals surface area (Å²) in [5, 5.41) is 2.42. The molecule has 1 aliphatic rings. The van der Waals surface area contributed by atoms with E-state index in [9.17, 15) is 0 Å². The summed E-state index contributed by atoms with van der Waals surface area (Å²) in [6, 6.07) is 79.7. The Morgan fingerprint density at radius 1 is 0.364 bits per heavy atom. The lowest BCUT2D eigenvalue weighted by atomic mass is 9.74. The number of rotatable bonds is 7. The summed E-state index contributed by atoms with van der Waals surface area (Å²) in [5.41, 5.74) is 17.0. The standard InChI is InChI=1S/C54H39N/c1-54(43-23-6-3-7-24-43)49-29-12-10-27-48(49)53-47(28-16-30-50(53)54)46-26-11-13-31-52(46)55(51-32-15-20-40-19-8-9-25-45(40)51)44-35-33-39(34-36-44)42-22-14-21-41(37-42)38-17-4-2-5-18-38/h2-37H,1H3. The van der Waals surface area contributed by atoms with Crippen LogP contribution in [0.25, 0.3) is 55.3 Å². The molecule has 0 aliphatic heterocycles. The SMILES string of the molecule is CC1(c2ccccc2)c2ccccc2-c2c(-c3ccccc3N(c3ccc(-c4cccc(-c5ccccc5)c4)cc3)c3cccc4ccccc34)cccc21. The van der Waals surface area contributed by atoms with Crippen molar-refractivity contribution in [2.45, 2.75) is 12.3 Å². The molecule has 1 heteroatoms. The van der Waals surface area contributed by atoms with E-state index in [0.717, 1.165) is 17.1 Å². The second kappa shape index (κ2) is 13.5.